The number of rotatable bonds is 8. The molecular weight excluding hydrogens is 1380 g/mol. The lowest BCUT2D eigenvalue weighted by molar-refractivity contribution is 0.658. The second-order valence-electron chi connectivity index (χ2n) is 27.9. The minimum Gasteiger partial charge on any atom is -0.438 e. The molecule has 0 saturated carbocycles. The molecule has 13 nitrogen and oxygen atoms in total. The van der Waals surface area contributed by atoms with Crippen molar-refractivity contribution in [1.29, 1.82) is 0 Å². The lowest BCUT2D eigenvalue weighted by atomic mass is 9.97. The van der Waals surface area contributed by atoms with Crippen molar-refractivity contribution in [2.75, 3.05) is 0 Å². The topological polar surface area (TPSA) is 143 Å². The molecule has 24 rings (SSSR count). The minimum atomic E-state index is 0.804. The number of benzene rings is 11. The molecule has 0 radical (unpaired) electrons. The summed E-state index contributed by atoms with van der Waals surface area (Å²) in [4.78, 5) is 33.4. The molecule has 0 amide bonds. The van der Waals surface area contributed by atoms with E-state index in [0.29, 0.717) is 0 Å². The van der Waals surface area contributed by atoms with Gasteiger partial charge in [0, 0.05) is 73.6 Å². The van der Waals surface area contributed by atoms with Gasteiger partial charge in [-0.1, -0.05) is 212 Å². The van der Waals surface area contributed by atoms with Crippen molar-refractivity contribution in [2.45, 2.75) is 0 Å². The zero-order valence-electron chi connectivity index (χ0n) is 59.8. The van der Waals surface area contributed by atoms with E-state index in [9.17, 15) is 0 Å². The molecule has 112 heavy (non-hydrogen) atoms. The first-order valence-corrected chi connectivity index (χ1v) is 37.2. The Morgan fingerprint density at radius 3 is 1.01 bits per heavy atom. The Morgan fingerprint density at radius 2 is 0.554 bits per heavy atom. The normalized spacial score (nSPS) is 11.8. The highest BCUT2D eigenvalue weighted by atomic mass is 16.4. The van der Waals surface area contributed by atoms with Gasteiger partial charge in [0.05, 0.1) is 106 Å². The maximum Gasteiger partial charge on any atom is 0.213 e. The van der Waals surface area contributed by atoms with Crippen LogP contribution in [0.3, 0.4) is 0 Å². The summed E-state index contributed by atoms with van der Waals surface area (Å²) in [5, 5.41) is 7.87. The SMILES string of the molecule is c1cc(-c2ccc3ccc4cccnc4c3n2)cc(-c2c3ccccc3n3c2oc2ccccc23)c1.c1ccc(-c2cc(-c3cccc(-c4c5ccccc5n5c4oc4ccccc45)c3)cc(-c3ccccn3)n2)nc1.c1cnc2c(c1)ccc1ccc(-c3ccc(-c4c5ccccc5n5c4oc4ccccc45)cc3)nc12. The number of pyridine rings is 7. The maximum absolute atomic E-state index is 6.46. The van der Waals surface area contributed by atoms with Crippen molar-refractivity contribution in [1.82, 2.24) is 48.1 Å². The molecule has 13 heteroatoms. The third kappa shape index (κ3) is 10.7. The van der Waals surface area contributed by atoms with Gasteiger partial charge < -0.3 is 13.3 Å². The van der Waals surface area contributed by atoms with Crippen LogP contribution in [0.4, 0.5) is 0 Å². The van der Waals surface area contributed by atoms with Crippen LogP contribution in [0.5, 0.6) is 0 Å². The third-order valence-corrected chi connectivity index (χ3v) is 21.4. The van der Waals surface area contributed by atoms with Gasteiger partial charge in [0.15, 0.2) is 16.7 Å². The molecule has 0 unspecified atom stereocenters. The Kier molecular flexibility index (Phi) is 14.9. The molecule has 0 aliphatic rings. The fourth-order valence-electron chi connectivity index (χ4n) is 16.2. The first-order chi connectivity index (χ1) is 55.5. The number of oxazole rings is 3. The second kappa shape index (κ2) is 26.2. The van der Waals surface area contributed by atoms with Crippen LogP contribution in [0.1, 0.15) is 0 Å². The van der Waals surface area contributed by atoms with Gasteiger partial charge in [0.2, 0.25) is 17.1 Å². The van der Waals surface area contributed by atoms with Gasteiger partial charge in [-0.15, -0.1) is 0 Å². The summed E-state index contributed by atoms with van der Waals surface area (Å²) in [5.41, 5.74) is 31.5. The number of para-hydroxylation sites is 9. The van der Waals surface area contributed by atoms with Gasteiger partial charge in [-0.2, -0.15) is 0 Å². The van der Waals surface area contributed by atoms with Crippen LogP contribution < -0.4 is 0 Å². The Hall–Kier alpha value is -15.5. The predicted molar refractivity (Wildman–Crippen MR) is 452 cm³/mol. The molecule has 0 N–H and O–H groups in total. The fraction of sp³-hybridized carbons (Fsp3) is 0. The van der Waals surface area contributed by atoms with Crippen molar-refractivity contribution >= 4 is 127 Å². The molecule has 0 fully saturated rings. The molecule has 11 aromatic carbocycles. The van der Waals surface area contributed by atoms with E-state index in [0.717, 1.165) is 206 Å². The first kappa shape index (κ1) is 63.8. The number of fused-ring (bicyclic) bond motifs is 21. The number of aromatic nitrogens is 10. The molecule has 24 aromatic rings. The van der Waals surface area contributed by atoms with Crippen LogP contribution >= 0.6 is 0 Å². The fourth-order valence-corrected chi connectivity index (χ4v) is 16.2. The van der Waals surface area contributed by atoms with E-state index in [1.54, 1.807) is 12.4 Å². The average molecular weight is 1440 g/mol. The highest BCUT2D eigenvalue weighted by molar-refractivity contribution is 6.11. The zero-order valence-corrected chi connectivity index (χ0v) is 59.8. The quantitative estimate of drug-likeness (QED) is 0.135. The summed E-state index contributed by atoms with van der Waals surface area (Å²) in [6.45, 7) is 0. The van der Waals surface area contributed by atoms with Crippen LogP contribution in [0.15, 0.2) is 378 Å². The van der Waals surface area contributed by atoms with E-state index in [1.807, 2.05) is 103 Å². The molecule has 524 valence electrons. The van der Waals surface area contributed by atoms with Crippen LogP contribution in [-0.2, 0) is 0 Å². The smallest absolute Gasteiger partial charge is 0.213 e. The highest BCUT2D eigenvalue weighted by Crippen LogP contribution is 2.45. The van der Waals surface area contributed by atoms with Crippen LogP contribution in [0, 0.1) is 0 Å². The zero-order chi connectivity index (χ0) is 73.7. The number of hydrogen-bond donors (Lipinski definition) is 0. The van der Waals surface area contributed by atoms with Gasteiger partial charge in [-0.25, -0.2) is 15.0 Å². The second-order valence-corrected chi connectivity index (χ2v) is 27.9. The van der Waals surface area contributed by atoms with Gasteiger partial charge in [0.1, 0.15) is 0 Å². The van der Waals surface area contributed by atoms with Crippen LogP contribution in [0.25, 0.3) is 217 Å². The molecule has 0 saturated heterocycles. The van der Waals surface area contributed by atoms with Gasteiger partial charge in [0.25, 0.3) is 0 Å². The molecular formula is C99H60N10O3. The van der Waals surface area contributed by atoms with Crippen molar-refractivity contribution in [3.8, 4) is 89.8 Å². The predicted octanol–water partition coefficient (Wildman–Crippen LogP) is 25.2. The van der Waals surface area contributed by atoms with Crippen molar-refractivity contribution in [3.63, 3.8) is 0 Å². The number of nitrogens with zero attached hydrogens (tertiary/aromatic N) is 10. The van der Waals surface area contributed by atoms with Crippen molar-refractivity contribution in [2.24, 2.45) is 0 Å². The van der Waals surface area contributed by atoms with Crippen LogP contribution in [-0.4, -0.2) is 48.1 Å². The van der Waals surface area contributed by atoms with E-state index in [1.165, 1.54) is 10.8 Å². The summed E-state index contributed by atoms with van der Waals surface area (Å²) < 4.78 is 25.9. The summed E-state index contributed by atoms with van der Waals surface area (Å²) in [6, 6.07) is 117. The third-order valence-electron chi connectivity index (χ3n) is 21.4. The first-order valence-electron chi connectivity index (χ1n) is 37.2. The van der Waals surface area contributed by atoms with Crippen molar-refractivity contribution in [3.05, 3.63) is 365 Å². The largest absolute Gasteiger partial charge is 0.438 e. The summed E-state index contributed by atoms with van der Waals surface area (Å²) in [6.07, 6.45) is 7.24. The molecule has 0 atom stereocenters. The lowest BCUT2D eigenvalue weighted by Gasteiger charge is -2.10. The standard InChI is InChI=1S/C35H22N4O.2C32H19N3O/c1-2-15-31-26(12-1)34(35-39(31)32-16-3-4-17-33(32)40-35)24-11-9-10-23(20-24)25-21-29(27-13-5-7-18-36-27)38-30(22-25)28-14-6-8-19-37-28;1-2-11-26-24(10-1)29(32-35(26)27-12-3-4-13-28(27)36-32)23-8-5-7-22(19-23)25-17-16-21-15-14-20-9-6-18-33-30(20)31(21)34-25;1-2-8-26-24(7-1)29(32-35(26)27-9-3-4-10-28(27)36-32)21-13-11-20(12-14-21)25-18-17-23-16-15-22-6-5-19-33-30(22)31(23)34-25/h1-22H;2*1-19H. The highest BCUT2D eigenvalue weighted by Gasteiger charge is 2.24. The maximum atomic E-state index is 6.46. The van der Waals surface area contributed by atoms with E-state index in [4.69, 9.17) is 28.2 Å². The number of hydrogen-bond acceptors (Lipinski definition) is 10. The Balaban J connectivity index is 0.000000103. The van der Waals surface area contributed by atoms with Gasteiger partial charge in [-0.3, -0.25) is 33.1 Å². The van der Waals surface area contributed by atoms with E-state index >= 15 is 0 Å². The molecule has 0 aliphatic carbocycles. The molecule has 0 spiro atoms. The van der Waals surface area contributed by atoms with Crippen LogP contribution in [0.2, 0.25) is 0 Å². The summed E-state index contributed by atoms with van der Waals surface area (Å²) in [5.74, 6) is 0. The summed E-state index contributed by atoms with van der Waals surface area (Å²) >= 11 is 0. The Labute approximate surface area is 638 Å². The van der Waals surface area contributed by atoms with Crippen molar-refractivity contribution < 1.29 is 13.3 Å². The molecule has 13 aromatic heterocycles. The van der Waals surface area contributed by atoms with E-state index in [2.05, 4.69) is 282 Å². The minimum absolute atomic E-state index is 0.804. The van der Waals surface area contributed by atoms with Gasteiger partial charge in [-0.05, 0) is 155 Å². The monoisotopic (exact) mass is 1440 g/mol. The summed E-state index contributed by atoms with van der Waals surface area (Å²) in [7, 11) is 0. The molecule has 0 bridgehead atoms. The average Bonchev–Trinajstić information content (AvgIpc) is 1.58. The molecule has 0 aliphatic heterocycles. The Bertz CT molecular complexity index is 7790. The lowest BCUT2D eigenvalue weighted by Crippen LogP contribution is -1.94. The Morgan fingerprint density at radius 1 is 0.196 bits per heavy atom. The van der Waals surface area contributed by atoms with E-state index in [-0.39, 0.29) is 0 Å². The molecule has 13 heterocycles. The van der Waals surface area contributed by atoms with E-state index < -0.39 is 0 Å². The van der Waals surface area contributed by atoms with Gasteiger partial charge >= 0.3 is 0 Å².